The molecular weight excluding hydrogens is 474 g/mol. The lowest BCUT2D eigenvalue weighted by atomic mass is 9.46. The molecule has 4 unspecified atom stereocenters. The Balaban J connectivity index is 1.18. The number of aliphatic hydroxyl groups is 2. The molecule has 6 aliphatic rings. The summed E-state index contributed by atoms with van der Waals surface area (Å²) >= 11 is 0. The number of aliphatic hydroxyl groups excluding tert-OH is 1. The number of nitrogens with one attached hydrogen (secondary N) is 1. The highest BCUT2D eigenvalue weighted by atomic mass is 16.7. The van der Waals surface area contributed by atoms with Crippen LogP contribution in [0, 0.1) is 51.2 Å². The van der Waals surface area contributed by atoms with Crippen LogP contribution in [0.4, 0.5) is 0 Å². The molecule has 0 bridgehead atoms. The largest absolute Gasteiger partial charge is 0.393 e. The molecule has 2 spiro atoms. The number of unbranched alkanes of at least 4 members (excludes halogenated alkanes) is 1. The van der Waals surface area contributed by atoms with Crippen molar-refractivity contribution in [3.63, 3.8) is 0 Å². The van der Waals surface area contributed by atoms with Crippen molar-refractivity contribution in [3.8, 4) is 0 Å². The Labute approximate surface area is 232 Å². The van der Waals surface area contributed by atoms with E-state index in [1.54, 1.807) is 0 Å². The van der Waals surface area contributed by atoms with Gasteiger partial charge in [0.05, 0.1) is 24.4 Å². The molecular formula is C33H57NO4. The summed E-state index contributed by atoms with van der Waals surface area (Å²) in [6.45, 7) is 16.5. The van der Waals surface area contributed by atoms with E-state index in [1.165, 1.54) is 32.1 Å². The lowest BCUT2D eigenvalue weighted by molar-refractivity contribution is -0.232. The van der Waals surface area contributed by atoms with E-state index in [4.69, 9.17) is 9.47 Å². The van der Waals surface area contributed by atoms with Gasteiger partial charge in [-0.15, -0.1) is 0 Å². The maximum absolute atomic E-state index is 11.4. The molecule has 11 atom stereocenters. The van der Waals surface area contributed by atoms with Crippen molar-refractivity contribution in [2.45, 2.75) is 136 Å². The number of ether oxygens (including phenoxy) is 2. The highest BCUT2D eigenvalue weighted by molar-refractivity contribution is 5.32. The number of fused-ring (bicyclic) bond motifs is 2. The van der Waals surface area contributed by atoms with Gasteiger partial charge in [-0.25, -0.2) is 0 Å². The minimum Gasteiger partial charge on any atom is -0.393 e. The van der Waals surface area contributed by atoms with Gasteiger partial charge in [0.15, 0.2) is 6.29 Å². The summed E-state index contributed by atoms with van der Waals surface area (Å²) in [6.07, 6.45) is 13.0. The number of hydrogen-bond acceptors (Lipinski definition) is 5. The lowest BCUT2D eigenvalue weighted by Gasteiger charge is -2.59. The van der Waals surface area contributed by atoms with Gasteiger partial charge in [0, 0.05) is 13.1 Å². The summed E-state index contributed by atoms with van der Waals surface area (Å²) in [6, 6.07) is 0. The van der Waals surface area contributed by atoms with E-state index in [0.717, 1.165) is 76.0 Å². The Morgan fingerprint density at radius 1 is 1.00 bits per heavy atom. The highest BCUT2D eigenvalue weighted by Crippen LogP contribution is 2.89. The normalized spacial score (nSPS) is 51.5. The van der Waals surface area contributed by atoms with Crippen molar-refractivity contribution in [1.29, 1.82) is 0 Å². The number of hydrogen-bond donors (Lipinski definition) is 3. The van der Waals surface area contributed by atoms with Crippen LogP contribution in [0.3, 0.4) is 0 Å². The third kappa shape index (κ3) is 3.95. The van der Waals surface area contributed by atoms with Gasteiger partial charge in [0.2, 0.25) is 0 Å². The van der Waals surface area contributed by atoms with Crippen molar-refractivity contribution in [3.05, 3.63) is 0 Å². The topological polar surface area (TPSA) is 71.0 Å². The lowest BCUT2D eigenvalue weighted by Crippen LogP contribution is -2.56. The van der Waals surface area contributed by atoms with Crippen LogP contribution in [-0.2, 0) is 9.47 Å². The zero-order chi connectivity index (χ0) is 27.1. The molecule has 5 aliphatic carbocycles. The van der Waals surface area contributed by atoms with E-state index in [0.29, 0.717) is 22.7 Å². The van der Waals surface area contributed by atoms with Gasteiger partial charge in [-0.05, 0) is 123 Å². The molecule has 3 N–H and O–H groups in total. The second-order valence-corrected chi connectivity index (χ2v) is 16.1. The van der Waals surface area contributed by atoms with Gasteiger partial charge in [0.25, 0.3) is 0 Å². The average molecular weight is 532 g/mol. The molecule has 0 aromatic carbocycles. The van der Waals surface area contributed by atoms with E-state index in [2.05, 4.69) is 33.0 Å². The minimum atomic E-state index is -0.578. The predicted octanol–water partition coefficient (Wildman–Crippen LogP) is 5.91. The summed E-state index contributed by atoms with van der Waals surface area (Å²) in [5.41, 5.74) is 0.830. The van der Waals surface area contributed by atoms with Crippen LogP contribution in [-0.4, -0.2) is 54.0 Å². The molecule has 38 heavy (non-hydrogen) atoms. The molecule has 6 fully saturated rings. The van der Waals surface area contributed by atoms with Gasteiger partial charge in [0.1, 0.15) is 0 Å². The highest BCUT2D eigenvalue weighted by Gasteiger charge is 2.84. The van der Waals surface area contributed by atoms with E-state index in [-0.39, 0.29) is 29.3 Å². The van der Waals surface area contributed by atoms with Gasteiger partial charge < -0.3 is 25.0 Å². The molecule has 1 aliphatic heterocycles. The molecule has 0 amide bonds. The number of morpholine rings is 1. The van der Waals surface area contributed by atoms with Crippen molar-refractivity contribution in [1.82, 2.24) is 5.32 Å². The maximum Gasteiger partial charge on any atom is 0.170 e. The molecule has 0 aromatic rings. The third-order valence-electron chi connectivity index (χ3n) is 13.9. The first-order valence-electron chi connectivity index (χ1n) is 16.3. The van der Waals surface area contributed by atoms with Crippen LogP contribution < -0.4 is 5.32 Å². The molecule has 1 heterocycles. The zero-order valence-electron chi connectivity index (χ0n) is 25.2. The fourth-order valence-corrected chi connectivity index (χ4v) is 12.2. The molecule has 5 saturated carbocycles. The van der Waals surface area contributed by atoms with E-state index >= 15 is 0 Å². The second kappa shape index (κ2) is 9.41. The fraction of sp³-hybridized carbons (Fsp3) is 1.00. The van der Waals surface area contributed by atoms with Crippen LogP contribution in [0.25, 0.3) is 0 Å². The minimum absolute atomic E-state index is 0.0975. The standard InChI is InChI=1S/C33H57NO4/c1-21-32-16-15-31(6)23(9-7-8-13-29(2,3)36)25(35)19-24(31)22(32)10-11-26-30(4,5)27(12-14-33(21,26)32)38-28-20-34-17-18-37-28/h21-28,34-36H,7-20H2,1-6H3/t21-,22-,23?,24?,25+,26?,27-,28?,31+,32-,33+/m0/s1. The third-order valence-corrected chi connectivity index (χ3v) is 13.9. The summed E-state index contributed by atoms with van der Waals surface area (Å²) < 4.78 is 12.6. The summed E-state index contributed by atoms with van der Waals surface area (Å²) in [5, 5.41) is 25.0. The predicted molar refractivity (Wildman–Crippen MR) is 150 cm³/mol. The van der Waals surface area contributed by atoms with Crippen LogP contribution in [0.2, 0.25) is 0 Å². The SMILES string of the molecule is C[C@H]1[C@@]23CC[C@]4(C)C(CCCCC(C)(C)O)[C@H](O)CC4[C@@H]2CCC2C(C)(C)[C@@H](OC4CNCCO4)CC[C@]213. The van der Waals surface area contributed by atoms with Crippen LogP contribution in [0.15, 0.2) is 0 Å². The maximum atomic E-state index is 11.4. The van der Waals surface area contributed by atoms with Crippen molar-refractivity contribution >= 4 is 0 Å². The van der Waals surface area contributed by atoms with Gasteiger partial charge in [-0.2, -0.15) is 0 Å². The Kier molecular flexibility index (Phi) is 6.92. The van der Waals surface area contributed by atoms with Gasteiger partial charge in [-0.3, -0.25) is 0 Å². The first-order valence-corrected chi connectivity index (χ1v) is 16.3. The van der Waals surface area contributed by atoms with Gasteiger partial charge in [-0.1, -0.05) is 40.5 Å². The summed E-state index contributed by atoms with van der Waals surface area (Å²) in [5.74, 6) is 3.41. The van der Waals surface area contributed by atoms with Crippen LogP contribution >= 0.6 is 0 Å². The molecule has 5 heteroatoms. The van der Waals surface area contributed by atoms with E-state index < -0.39 is 5.60 Å². The molecule has 6 rings (SSSR count). The van der Waals surface area contributed by atoms with Crippen molar-refractivity contribution < 1.29 is 19.7 Å². The number of rotatable bonds is 7. The van der Waals surface area contributed by atoms with Crippen molar-refractivity contribution in [2.75, 3.05) is 19.7 Å². The molecule has 0 radical (unpaired) electrons. The monoisotopic (exact) mass is 531 g/mol. The smallest absolute Gasteiger partial charge is 0.170 e. The first kappa shape index (κ1) is 27.9. The van der Waals surface area contributed by atoms with Crippen LogP contribution in [0.1, 0.15) is 112 Å². The van der Waals surface area contributed by atoms with Crippen LogP contribution in [0.5, 0.6) is 0 Å². The molecule has 218 valence electrons. The summed E-state index contributed by atoms with van der Waals surface area (Å²) in [7, 11) is 0. The summed E-state index contributed by atoms with van der Waals surface area (Å²) in [4.78, 5) is 0. The zero-order valence-corrected chi connectivity index (χ0v) is 25.2. The van der Waals surface area contributed by atoms with Crippen molar-refractivity contribution in [2.24, 2.45) is 51.2 Å². The first-order chi connectivity index (χ1) is 17.9. The molecule has 0 aromatic heterocycles. The Hall–Kier alpha value is -0.200. The van der Waals surface area contributed by atoms with E-state index in [9.17, 15) is 10.2 Å². The quantitative estimate of drug-likeness (QED) is 0.356. The van der Waals surface area contributed by atoms with E-state index in [1.807, 2.05) is 13.8 Å². The Morgan fingerprint density at radius 3 is 2.50 bits per heavy atom. The second-order valence-electron chi connectivity index (χ2n) is 16.1. The molecule has 1 saturated heterocycles. The fourth-order valence-electron chi connectivity index (χ4n) is 12.2. The van der Waals surface area contributed by atoms with Gasteiger partial charge >= 0.3 is 0 Å². The Morgan fingerprint density at radius 2 is 1.79 bits per heavy atom. The average Bonchev–Trinajstić information content (AvgIpc) is 3.27. The Bertz CT molecular complexity index is 879. The molecule has 5 nitrogen and oxygen atoms in total.